The molecule has 0 aromatic heterocycles. The van der Waals surface area contributed by atoms with Crippen LogP contribution in [-0.2, 0) is 14.8 Å². The van der Waals surface area contributed by atoms with E-state index in [9.17, 15) is 8.42 Å². The molecule has 1 aliphatic heterocycles. The highest BCUT2D eigenvalue weighted by molar-refractivity contribution is 7.92. The predicted molar refractivity (Wildman–Crippen MR) is 50.7 cm³/mol. The summed E-state index contributed by atoms with van der Waals surface area (Å²) in [4.78, 5) is 0. The van der Waals surface area contributed by atoms with Crippen molar-refractivity contribution >= 4 is 10.0 Å². The fraction of sp³-hybridized carbons (Fsp3) is 0.750. The Hall–Kier alpha value is -0.390. The average molecular weight is 205 g/mol. The first-order valence-corrected chi connectivity index (χ1v) is 5.71. The van der Waals surface area contributed by atoms with Crippen molar-refractivity contribution in [3.8, 4) is 0 Å². The third-order valence-electron chi connectivity index (χ3n) is 2.42. The highest BCUT2D eigenvalue weighted by Gasteiger charge is 2.32. The summed E-state index contributed by atoms with van der Waals surface area (Å²) in [6, 6.07) is -0.0528. The van der Waals surface area contributed by atoms with Crippen molar-refractivity contribution in [2.45, 2.75) is 25.5 Å². The number of nitrogens with zero attached hydrogens (tertiary/aromatic N) is 1. The fourth-order valence-corrected chi connectivity index (χ4v) is 2.39. The monoisotopic (exact) mass is 205 g/mol. The Bertz CT molecular complexity index is 286. The summed E-state index contributed by atoms with van der Waals surface area (Å²) in [6.45, 7) is 5.79. The zero-order valence-electron chi connectivity index (χ0n) is 7.93. The first kappa shape index (κ1) is 10.7. The van der Waals surface area contributed by atoms with Crippen LogP contribution in [0.3, 0.4) is 0 Å². The van der Waals surface area contributed by atoms with Crippen LogP contribution in [0.25, 0.3) is 0 Å². The number of rotatable bonds is 3. The molecule has 2 atom stereocenters. The molecule has 0 radical (unpaired) electrons. The maximum atomic E-state index is 11.4. The summed E-state index contributed by atoms with van der Waals surface area (Å²) in [5, 5.41) is 0.970. The Morgan fingerprint density at radius 2 is 2.23 bits per heavy atom. The molecule has 76 valence electrons. The first-order chi connectivity index (χ1) is 5.99. The topological polar surface area (TPSA) is 46.6 Å². The van der Waals surface area contributed by atoms with Crippen LogP contribution in [0.1, 0.15) is 13.3 Å². The van der Waals surface area contributed by atoms with Gasteiger partial charge >= 0.3 is 0 Å². The van der Waals surface area contributed by atoms with Gasteiger partial charge in [-0.15, -0.1) is 0 Å². The smallest absolute Gasteiger partial charge is 0.235 e. The summed E-state index contributed by atoms with van der Waals surface area (Å²) in [5.41, 5.74) is 0. The second-order valence-corrected chi connectivity index (χ2v) is 5.10. The van der Waals surface area contributed by atoms with Crippen molar-refractivity contribution in [2.75, 3.05) is 13.7 Å². The minimum atomic E-state index is -3.30. The molecule has 0 amide bonds. The second-order valence-electron chi connectivity index (χ2n) is 3.16. The molecule has 1 rings (SSSR count). The van der Waals surface area contributed by atoms with E-state index in [1.54, 1.807) is 7.05 Å². The molecule has 0 N–H and O–H groups in total. The van der Waals surface area contributed by atoms with E-state index in [1.807, 2.05) is 6.92 Å². The molecule has 1 aliphatic rings. The highest BCUT2D eigenvalue weighted by Crippen LogP contribution is 2.20. The van der Waals surface area contributed by atoms with E-state index in [4.69, 9.17) is 4.74 Å². The molecule has 0 aromatic carbocycles. The van der Waals surface area contributed by atoms with Crippen LogP contribution < -0.4 is 0 Å². The maximum Gasteiger partial charge on any atom is 0.235 e. The molecule has 1 saturated heterocycles. The first-order valence-electron chi connectivity index (χ1n) is 4.21. The highest BCUT2D eigenvalue weighted by atomic mass is 32.2. The predicted octanol–water partition coefficient (Wildman–Crippen LogP) is 0.569. The van der Waals surface area contributed by atoms with Gasteiger partial charge in [0.25, 0.3) is 0 Å². The Morgan fingerprint density at radius 3 is 2.62 bits per heavy atom. The van der Waals surface area contributed by atoms with E-state index >= 15 is 0 Å². The van der Waals surface area contributed by atoms with E-state index in [-0.39, 0.29) is 12.1 Å². The maximum absolute atomic E-state index is 11.4. The van der Waals surface area contributed by atoms with Gasteiger partial charge in [-0.3, -0.25) is 0 Å². The molecule has 0 aromatic rings. The van der Waals surface area contributed by atoms with E-state index < -0.39 is 10.0 Å². The van der Waals surface area contributed by atoms with Gasteiger partial charge in [0.05, 0.1) is 12.1 Å². The quantitative estimate of drug-likeness (QED) is 0.676. The van der Waals surface area contributed by atoms with Crippen LogP contribution in [0.4, 0.5) is 0 Å². The third-order valence-corrected chi connectivity index (χ3v) is 3.91. The van der Waals surface area contributed by atoms with Crippen LogP contribution >= 0.6 is 0 Å². The van der Waals surface area contributed by atoms with Gasteiger partial charge in [-0.05, 0) is 13.3 Å². The lowest BCUT2D eigenvalue weighted by atomic mass is 10.2. The second kappa shape index (κ2) is 3.77. The molecule has 5 heteroatoms. The lowest BCUT2D eigenvalue weighted by molar-refractivity contribution is 0.102. The summed E-state index contributed by atoms with van der Waals surface area (Å²) in [6.07, 6.45) is 0.727. The normalized spacial score (nSPS) is 29.5. The summed E-state index contributed by atoms with van der Waals surface area (Å²) < 4.78 is 29.4. The van der Waals surface area contributed by atoms with Gasteiger partial charge in [-0.1, -0.05) is 6.58 Å². The molecule has 1 fully saturated rings. The minimum Gasteiger partial charge on any atom is -0.377 e. The lowest BCUT2D eigenvalue weighted by Crippen LogP contribution is -2.39. The van der Waals surface area contributed by atoms with Crippen LogP contribution in [0.5, 0.6) is 0 Å². The number of likely N-dealkylation sites (N-methyl/N-ethyl adjacent to an activating group) is 1. The number of hydrogen-bond acceptors (Lipinski definition) is 3. The molecular formula is C8H15NO3S. The van der Waals surface area contributed by atoms with Crippen molar-refractivity contribution in [3.63, 3.8) is 0 Å². The van der Waals surface area contributed by atoms with Crippen molar-refractivity contribution in [1.29, 1.82) is 0 Å². The fourth-order valence-electron chi connectivity index (χ4n) is 1.50. The molecule has 13 heavy (non-hydrogen) atoms. The molecule has 0 aliphatic carbocycles. The average Bonchev–Trinajstić information content (AvgIpc) is 2.50. The molecular weight excluding hydrogens is 190 g/mol. The number of sulfonamides is 1. The summed E-state index contributed by atoms with van der Waals surface area (Å²) in [7, 11) is -1.73. The van der Waals surface area contributed by atoms with Gasteiger partial charge in [-0.25, -0.2) is 8.42 Å². The number of ether oxygens (including phenoxy) is 1. The molecule has 2 unspecified atom stereocenters. The SMILES string of the molecule is C=CS(=O)(=O)N(C)C1CCOC1C. The molecule has 0 saturated carbocycles. The van der Waals surface area contributed by atoms with Gasteiger partial charge in [0, 0.05) is 19.1 Å². The zero-order chi connectivity index (χ0) is 10.1. The Morgan fingerprint density at radius 1 is 1.62 bits per heavy atom. The summed E-state index contributed by atoms with van der Waals surface area (Å²) in [5.74, 6) is 0. The van der Waals surface area contributed by atoms with Gasteiger partial charge in [0.2, 0.25) is 10.0 Å². The van der Waals surface area contributed by atoms with Gasteiger partial charge in [-0.2, -0.15) is 4.31 Å². The van der Waals surface area contributed by atoms with Crippen LogP contribution in [-0.4, -0.2) is 38.5 Å². The molecule has 0 spiro atoms. The van der Waals surface area contributed by atoms with Gasteiger partial charge in [0.15, 0.2) is 0 Å². The van der Waals surface area contributed by atoms with Crippen LogP contribution in [0.2, 0.25) is 0 Å². The number of hydrogen-bond donors (Lipinski definition) is 0. The summed E-state index contributed by atoms with van der Waals surface area (Å²) >= 11 is 0. The van der Waals surface area contributed by atoms with E-state index in [0.29, 0.717) is 6.61 Å². The van der Waals surface area contributed by atoms with Gasteiger partial charge in [0.1, 0.15) is 0 Å². The molecule has 4 nitrogen and oxygen atoms in total. The largest absolute Gasteiger partial charge is 0.377 e. The Labute approximate surface area is 79.2 Å². The standard InChI is InChI=1S/C8H15NO3S/c1-4-13(10,11)9(3)8-5-6-12-7(8)2/h4,7-8H,1,5-6H2,2-3H3. The minimum absolute atomic E-state index is 0.0280. The van der Waals surface area contributed by atoms with Gasteiger partial charge < -0.3 is 4.74 Å². The van der Waals surface area contributed by atoms with Crippen molar-refractivity contribution in [1.82, 2.24) is 4.31 Å². The van der Waals surface area contributed by atoms with Crippen molar-refractivity contribution < 1.29 is 13.2 Å². The zero-order valence-corrected chi connectivity index (χ0v) is 8.75. The lowest BCUT2D eigenvalue weighted by Gasteiger charge is -2.24. The Balaban J connectivity index is 2.78. The van der Waals surface area contributed by atoms with Crippen molar-refractivity contribution in [2.24, 2.45) is 0 Å². The van der Waals surface area contributed by atoms with Crippen LogP contribution in [0, 0.1) is 0 Å². The van der Waals surface area contributed by atoms with Crippen LogP contribution in [0.15, 0.2) is 12.0 Å². The molecule has 0 bridgehead atoms. The van der Waals surface area contributed by atoms with Crippen molar-refractivity contribution in [3.05, 3.63) is 12.0 Å². The van der Waals surface area contributed by atoms with E-state index in [2.05, 4.69) is 6.58 Å². The third kappa shape index (κ3) is 2.10. The van der Waals surface area contributed by atoms with E-state index in [1.165, 1.54) is 4.31 Å². The molecule has 1 heterocycles. The van der Waals surface area contributed by atoms with E-state index in [0.717, 1.165) is 11.8 Å². The Kier molecular flexibility index (Phi) is 3.10.